The number of carbonyl (C=O) groups is 1. The van der Waals surface area contributed by atoms with Gasteiger partial charge >= 0.3 is 0 Å². The van der Waals surface area contributed by atoms with Crippen LogP contribution in [0.3, 0.4) is 0 Å². The van der Waals surface area contributed by atoms with Crippen molar-refractivity contribution in [3.8, 4) is 17.1 Å². The van der Waals surface area contributed by atoms with Crippen LogP contribution < -0.4 is 10.1 Å². The van der Waals surface area contributed by atoms with Crippen molar-refractivity contribution < 1.29 is 9.53 Å². The summed E-state index contributed by atoms with van der Waals surface area (Å²) in [5.74, 6) is 1.03. The number of hydrogen-bond donors (Lipinski definition) is 1. The van der Waals surface area contributed by atoms with E-state index in [1.165, 1.54) is 11.8 Å². The lowest BCUT2D eigenvalue weighted by atomic mass is 10.2. The van der Waals surface area contributed by atoms with Crippen LogP contribution in [0.15, 0.2) is 78.2 Å². The molecule has 0 bridgehead atoms. The van der Waals surface area contributed by atoms with Crippen LogP contribution in [0.5, 0.6) is 5.75 Å². The standard InChI is InChI=1S/C24H22ClN5O2S/c1-16(23(31)27-20-13-19(25)10-11-21(20)32-2)33-24-29-28-22(18-9-6-12-26-14-18)30(24)15-17-7-4-3-5-8-17/h3-14,16H,15H2,1-2H3,(H,27,31). The summed E-state index contributed by atoms with van der Waals surface area (Å²) in [6.07, 6.45) is 3.47. The van der Waals surface area contributed by atoms with Gasteiger partial charge in [-0.15, -0.1) is 10.2 Å². The summed E-state index contributed by atoms with van der Waals surface area (Å²) in [6.45, 7) is 2.39. The number of anilines is 1. The first-order valence-electron chi connectivity index (χ1n) is 10.2. The first-order valence-corrected chi connectivity index (χ1v) is 11.5. The molecule has 2 aromatic heterocycles. The van der Waals surface area contributed by atoms with Crippen LogP contribution in [-0.2, 0) is 11.3 Å². The highest BCUT2D eigenvalue weighted by molar-refractivity contribution is 8.00. The molecule has 0 spiro atoms. The fourth-order valence-corrected chi connectivity index (χ4v) is 4.24. The summed E-state index contributed by atoms with van der Waals surface area (Å²) in [5, 5.41) is 12.4. The van der Waals surface area contributed by atoms with E-state index >= 15 is 0 Å². The van der Waals surface area contributed by atoms with E-state index in [9.17, 15) is 4.79 Å². The SMILES string of the molecule is COc1ccc(Cl)cc1NC(=O)C(C)Sc1nnc(-c2cccnc2)n1Cc1ccccc1. The van der Waals surface area contributed by atoms with Crippen molar-refractivity contribution in [3.05, 3.63) is 83.6 Å². The minimum Gasteiger partial charge on any atom is -0.495 e. The molecule has 168 valence electrons. The van der Waals surface area contributed by atoms with Gasteiger partial charge in [0.1, 0.15) is 5.75 Å². The lowest BCUT2D eigenvalue weighted by Crippen LogP contribution is -2.23. The van der Waals surface area contributed by atoms with Crippen LogP contribution in [0.4, 0.5) is 5.69 Å². The molecule has 4 rings (SSSR count). The minimum absolute atomic E-state index is 0.197. The Morgan fingerprint density at radius 2 is 1.97 bits per heavy atom. The fourth-order valence-electron chi connectivity index (χ4n) is 3.22. The fraction of sp³-hybridized carbons (Fsp3) is 0.167. The van der Waals surface area contributed by atoms with Gasteiger partial charge in [-0.25, -0.2) is 0 Å². The number of carbonyl (C=O) groups excluding carboxylic acids is 1. The van der Waals surface area contributed by atoms with Gasteiger partial charge in [0.2, 0.25) is 5.91 Å². The summed E-state index contributed by atoms with van der Waals surface area (Å²) >= 11 is 7.42. The Kier molecular flexibility index (Phi) is 7.26. The van der Waals surface area contributed by atoms with E-state index in [0.717, 1.165) is 11.1 Å². The van der Waals surface area contributed by atoms with Gasteiger partial charge in [0.05, 0.1) is 24.6 Å². The molecule has 0 radical (unpaired) electrons. The summed E-state index contributed by atoms with van der Waals surface area (Å²) < 4.78 is 7.33. The number of nitrogens with zero attached hydrogens (tertiary/aromatic N) is 4. The molecule has 2 heterocycles. The average Bonchev–Trinajstić information content (AvgIpc) is 3.22. The van der Waals surface area contributed by atoms with Crippen LogP contribution in [0, 0.1) is 0 Å². The Labute approximate surface area is 201 Å². The van der Waals surface area contributed by atoms with Gasteiger partial charge in [-0.1, -0.05) is 53.7 Å². The first kappa shape index (κ1) is 22.8. The van der Waals surface area contributed by atoms with Crippen molar-refractivity contribution in [2.75, 3.05) is 12.4 Å². The Morgan fingerprint density at radius 1 is 1.15 bits per heavy atom. The molecule has 0 fully saturated rings. The van der Waals surface area contributed by atoms with Gasteiger partial charge in [0.15, 0.2) is 11.0 Å². The van der Waals surface area contributed by atoms with E-state index in [2.05, 4.69) is 20.5 Å². The number of aromatic nitrogens is 4. The molecule has 7 nitrogen and oxygen atoms in total. The zero-order valence-corrected chi connectivity index (χ0v) is 19.7. The van der Waals surface area contributed by atoms with Crippen LogP contribution in [0.2, 0.25) is 5.02 Å². The van der Waals surface area contributed by atoms with Gasteiger partial charge in [-0.05, 0) is 42.8 Å². The molecule has 0 aliphatic rings. The van der Waals surface area contributed by atoms with Gasteiger partial charge < -0.3 is 10.1 Å². The molecule has 4 aromatic rings. The highest BCUT2D eigenvalue weighted by atomic mass is 35.5. The highest BCUT2D eigenvalue weighted by Crippen LogP contribution is 2.31. The Hall–Kier alpha value is -3.36. The number of methoxy groups -OCH3 is 1. The molecule has 0 aliphatic carbocycles. The van der Waals surface area contributed by atoms with Crippen molar-refractivity contribution in [1.82, 2.24) is 19.7 Å². The van der Waals surface area contributed by atoms with Crippen molar-refractivity contribution in [2.45, 2.75) is 23.9 Å². The van der Waals surface area contributed by atoms with E-state index in [4.69, 9.17) is 16.3 Å². The molecule has 2 aromatic carbocycles. The van der Waals surface area contributed by atoms with E-state index in [0.29, 0.717) is 34.0 Å². The molecule has 1 atom stereocenters. The molecule has 0 saturated heterocycles. The third-order valence-corrected chi connectivity index (χ3v) is 6.21. The number of benzene rings is 2. The predicted octanol–water partition coefficient (Wildman–Crippen LogP) is 5.17. The second-order valence-corrected chi connectivity index (χ2v) is 8.96. The molecule has 0 aliphatic heterocycles. The zero-order valence-electron chi connectivity index (χ0n) is 18.1. The van der Waals surface area contributed by atoms with Crippen molar-refractivity contribution in [2.24, 2.45) is 0 Å². The lowest BCUT2D eigenvalue weighted by molar-refractivity contribution is -0.115. The topological polar surface area (TPSA) is 81.9 Å². The van der Waals surface area contributed by atoms with E-state index < -0.39 is 5.25 Å². The minimum atomic E-state index is -0.450. The van der Waals surface area contributed by atoms with Gasteiger partial charge in [-0.2, -0.15) is 0 Å². The number of hydrogen-bond acceptors (Lipinski definition) is 6. The van der Waals surface area contributed by atoms with Crippen LogP contribution in [0.25, 0.3) is 11.4 Å². The largest absolute Gasteiger partial charge is 0.495 e. The van der Waals surface area contributed by atoms with Gasteiger partial charge in [-0.3, -0.25) is 14.3 Å². The van der Waals surface area contributed by atoms with Gasteiger partial charge in [0.25, 0.3) is 0 Å². The predicted molar refractivity (Wildman–Crippen MR) is 131 cm³/mol. The van der Waals surface area contributed by atoms with Crippen LogP contribution in [-0.4, -0.2) is 38.0 Å². The zero-order chi connectivity index (χ0) is 23.2. The van der Waals surface area contributed by atoms with Crippen molar-refractivity contribution in [1.29, 1.82) is 0 Å². The maximum absolute atomic E-state index is 12.9. The molecule has 9 heteroatoms. The summed E-state index contributed by atoms with van der Waals surface area (Å²) in [7, 11) is 1.54. The molecule has 1 amide bonds. The van der Waals surface area contributed by atoms with E-state index in [1.54, 1.807) is 37.7 Å². The smallest absolute Gasteiger partial charge is 0.237 e. The number of nitrogens with one attached hydrogen (secondary N) is 1. The monoisotopic (exact) mass is 479 g/mol. The lowest BCUT2D eigenvalue weighted by Gasteiger charge is -2.15. The molecule has 0 saturated carbocycles. The number of rotatable bonds is 8. The summed E-state index contributed by atoms with van der Waals surface area (Å²) in [4.78, 5) is 17.1. The number of amides is 1. The van der Waals surface area contributed by atoms with E-state index in [1.807, 2.05) is 54.0 Å². The highest BCUT2D eigenvalue weighted by Gasteiger charge is 2.22. The average molecular weight is 480 g/mol. The quantitative estimate of drug-likeness (QED) is 0.351. The van der Waals surface area contributed by atoms with E-state index in [-0.39, 0.29) is 5.91 Å². The third-order valence-electron chi connectivity index (χ3n) is 4.89. The molecular formula is C24H22ClN5O2S. The van der Waals surface area contributed by atoms with Crippen molar-refractivity contribution >= 4 is 35.0 Å². The van der Waals surface area contributed by atoms with Crippen LogP contribution >= 0.6 is 23.4 Å². The molecule has 33 heavy (non-hydrogen) atoms. The number of pyridine rings is 1. The number of halogens is 1. The normalized spacial score (nSPS) is 11.7. The molecule has 1 unspecified atom stereocenters. The molecular weight excluding hydrogens is 458 g/mol. The first-order chi connectivity index (χ1) is 16.0. The Bertz CT molecular complexity index is 1230. The Balaban J connectivity index is 1.59. The summed E-state index contributed by atoms with van der Waals surface area (Å²) in [5.41, 5.74) is 2.47. The molecule has 1 N–H and O–H groups in total. The Morgan fingerprint density at radius 3 is 2.70 bits per heavy atom. The second-order valence-electron chi connectivity index (χ2n) is 7.21. The van der Waals surface area contributed by atoms with Crippen molar-refractivity contribution in [3.63, 3.8) is 0 Å². The summed E-state index contributed by atoms with van der Waals surface area (Å²) in [6, 6.07) is 18.9. The van der Waals surface area contributed by atoms with Gasteiger partial charge in [0, 0.05) is 23.0 Å². The second kappa shape index (κ2) is 10.5. The maximum atomic E-state index is 12.9. The van der Waals surface area contributed by atoms with Crippen LogP contribution in [0.1, 0.15) is 12.5 Å². The number of thioether (sulfide) groups is 1. The number of ether oxygens (including phenoxy) is 1. The maximum Gasteiger partial charge on any atom is 0.237 e. The third kappa shape index (κ3) is 5.53.